The molecule has 1 heterocycles. The van der Waals surface area contributed by atoms with Crippen LogP contribution in [0.1, 0.15) is 11.5 Å². The van der Waals surface area contributed by atoms with E-state index in [1.807, 2.05) is 0 Å². The fourth-order valence-corrected chi connectivity index (χ4v) is 1.69. The summed E-state index contributed by atoms with van der Waals surface area (Å²) in [6.45, 7) is 0. The summed E-state index contributed by atoms with van der Waals surface area (Å²) >= 11 is 3.09. The van der Waals surface area contributed by atoms with Crippen LogP contribution in [0.3, 0.4) is 0 Å². The average Bonchev–Trinajstić information content (AvgIpc) is 2.75. The van der Waals surface area contributed by atoms with Crippen molar-refractivity contribution in [1.29, 1.82) is 0 Å². The van der Waals surface area contributed by atoms with E-state index in [-0.39, 0.29) is 17.3 Å². The van der Waals surface area contributed by atoms with E-state index in [1.165, 1.54) is 12.1 Å². The van der Waals surface area contributed by atoms with Gasteiger partial charge in [-0.2, -0.15) is 13.2 Å². The highest BCUT2D eigenvalue weighted by molar-refractivity contribution is 9.10. The van der Waals surface area contributed by atoms with Gasteiger partial charge in [-0.3, -0.25) is 0 Å². The van der Waals surface area contributed by atoms with Crippen LogP contribution < -0.4 is 0 Å². The van der Waals surface area contributed by atoms with Crippen molar-refractivity contribution in [3.8, 4) is 23.8 Å². The average molecular weight is 317 g/mol. The Bertz CT molecular complexity index is 628. The molecule has 2 aromatic rings. The lowest BCUT2D eigenvalue weighted by Gasteiger charge is -2.10. The van der Waals surface area contributed by atoms with Crippen LogP contribution in [0.2, 0.25) is 0 Å². The molecule has 1 aromatic carbocycles. The van der Waals surface area contributed by atoms with E-state index in [9.17, 15) is 13.2 Å². The molecule has 0 saturated heterocycles. The number of rotatable bonds is 1. The van der Waals surface area contributed by atoms with Crippen molar-refractivity contribution in [2.75, 3.05) is 0 Å². The van der Waals surface area contributed by atoms with Crippen LogP contribution in [0.15, 0.2) is 27.1 Å². The summed E-state index contributed by atoms with van der Waals surface area (Å²) in [6.07, 6.45) is 0.504. The first kappa shape index (κ1) is 12.6. The fourth-order valence-electron chi connectivity index (χ4n) is 1.33. The Labute approximate surface area is 108 Å². The van der Waals surface area contributed by atoms with Crippen molar-refractivity contribution in [2.45, 2.75) is 6.18 Å². The number of halogens is 4. The van der Waals surface area contributed by atoms with E-state index in [1.54, 1.807) is 0 Å². The van der Waals surface area contributed by atoms with Crippen molar-refractivity contribution in [2.24, 2.45) is 0 Å². The lowest BCUT2D eigenvalue weighted by atomic mass is 10.1. The molecular formula is C11H4BrF3N2O. The van der Waals surface area contributed by atoms with Crippen LogP contribution in [0, 0.1) is 12.3 Å². The van der Waals surface area contributed by atoms with E-state index in [2.05, 4.69) is 32.0 Å². The number of hydrogen-bond donors (Lipinski definition) is 0. The summed E-state index contributed by atoms with van der Waals surface area (Å²) in [6, 6.07) is 3.46. The number of hydrogen-bond acceptors (Lipinski definition) is 3. The Morgan fingerprint density at radius 2 is 2.00 bits per heavy atom. The summed E-state index contributed by atoms with van der Waals surface area (Å²) in [4.78, 5) is 0. The van der Waals surface area contributed by atoms with Crippen molar-refractivity contribution in [3.63, 3.8) is 0 Å². The maximum atomic E-state index is 12.8. The third-order valence-corrected chi connectivity index (χ3v) is 2.56. The molecule has 92 valence electrons. The Kier molecular flexibility index (Phi) is 3.13. The number of aromatic nitrogens is 2. The molecule has 0 unspecified atom stereocenters. The van der Waals surface area contributed by atoms with Gasteiger partial charge in [-0.15, -0.1) is 11.5 Å². The van der Waals surface area contributed by atoms with E-state index < -0.39 is 11.7 Å². The van der Waals surface area contributed by atoms with Gasteiger partial charge in [0.05, 0.1) is 11.1 Å². The van der Waals surface area contributed by atoms with Gasteiger partial charge >= 0.3 is 6.18 Å². The van der Waals surface area contributed by atoms with Crippen LogP contribution in [0.5, 0.6) is 0 Å². The van der Waals surface area contributed by atoms with Crippen molar-refractivity contribution in [1.82, 2.24) is 10.2 Å². The molecule has 7 heteroatoms. The summed E-state index contributed by atoms with van der Waals surface area (Å²) < 4.78 is 43.8. The first-order valence-electron chi connectivity index (χ1n) is 4.59. The molecule has 1 aromatic heterocycles. The quantitative estimate of drug-likeness (QED) is 0.756. The van der Waals surface area contributed by atoms with Gasteiger partial charge in [-0.1, -0.05) is 21.0 Å². The molecule has 0 bridgehead atoms. The standard InChI is InChI=1S/C11H4BrF3N2O/c1-2-9-16-17-10(18-9)7-5-6(12)3-4-8(7)11(13,14)15/h1,3-5H. The highest BCUT2D eigenvalue weighted by Gasteiger charge is 2.35. The zero-order valence-electron chi connectivity index (χ0n) is 8.62. The van der Waals surface area contributed by atoms with Gasteiger partial charge in [0.1, 0.15) is 0 Å². The molecule has 0 saturated carbocycles. The lowest BCUT2D eigenvalue weighted by molar-refractivity contribution is -0.137. The molecule has 0 N–H and O–H groups in total. The molecule has 0 atom stereocenters. The summed E-state index contributed by atoms with van der Waals surface area (Å²) in [5.41, 5.74) is -1.08. The molecule has 0 aliphatic carbocycles. The van der Waals surface area contributed by atoms with Gasteiger partial charge < -0.3 is 4.42 Å². The van der Waals surface area contributed by atoms with Crippen molar-refractivity contribution >= 4 is 15.9 Å². The zero-order valence-corrected chi connectivity index (χ0v) is 10.2. The van der Waals surface area contributed by atoms with Crippen LogP contribution in [-0.2, 0) is 6.18 Å². The molecule has 18 heavy (non-hydrogen) atoms. The van der Waals surface area contributed by atoms with Crippen LogP contribution in [-0.4, -0.2) is 10.2 Å². The predicted molar refractivity (Wildman–Crippen MR) is 60.4 cm³/mol. The third-order valence-electron chi connectivity index (χ3n) is 2.07. The van der Waals surface area contributed by atoms with Gasteiger partial charge in [0.2, 0.25) is 5.89 Å². The second-order valence-corrected chi connectivity index (χ2v) is 4.16. The van der Waals surface area contributed by atoms with E-state index in [0.717, 1.165) is 6.07 Å². The molecule has 0 aliphatic heterocycles. The molecular weight excluding hydrogens is 313 g/mol. The Balaban J connectivity index is 2.62. The number of nitrogens with zero attached hydrogens (tertiary/aromatic N) is 2. The van der Waals surface area contributed by atoms with Gasteiger partial charge in [-0.25, -0.2) is 0 Å². The van der Waals surface area contributed by atoms with Crippen LogP contribution >= 0.6 is 15.9 Å². The minimum Gasteiger partial charge on any atom is -0.410 e. The normalized spacial score (nSPS) is 11.3. The Morgan fingerprint density at radius 1 is 1.28 bits per heavy atom. The second kappa shape index (κ2) is 4.46. The number of alkyl halides is 3. The zero-order chi connectivity index (χ0) is 13.3. The van der Waals surface area contributed by atoms with Gasteiger partial charge in [-0.05, 0) is 24.1 Å². The summed E-state index contributed by atoms with van der Waals surface area (Å²) in [7, 11) is 0. The van der Waals surface area contributed by atoms with E-state index in [4.69, 9.17) is 10.8 Å². The maximum Gasteiger partial charge on any atom is 0.417 e. The Hall–Kier alpha value is -1.81. The first-order chi connectivity index (χ1) is 8.41. The highest BCUT2D eigenvalue weighted by atomic mass is 79.9. The fraction of sp³-hybridized carbons (Fsp3) is 0.0909. The van der Waals surface area contributed by atoms with E-state index >= 15 is 0 Å². The monoisotopic (exact) mass is 316 g/mol. The topological polar surface area (TPSA) is 38.9 Å². The highest BCUT2D eigenvalue weighted by Crippen LogP contribution is 2.37. The third kappa shape index (κ3) is 2.38. The minimum atomic E-state index is -4.51. The first-order valence-corrected chi connectivity index (χ1v) is 5.38. The Morgan fingerprint density at radius 3 is 2.56 bits per heavy atom. The smallest absolute Gasteiger partial charge is 0.410 e. The lowest BCUT2D eigenvalue weighted by Crippen LogP contribution is -2.07. The van der Waals surface area contributed by atoms with Crippen LogP contribution in [0.4, 0.5) is 13.2 Å². The molecule has 3 nitrogen and oxygen atoms in total. The SMILES string of the molecule is C#Cc1nnc(-c2cc(Br)ccc2C(F)(F)F)o1. The van der Waals surface area contributed by atoms with Crippen molar-refractivity contribution < 1.29 is 17.6 Å². The van der Waals surface area contributed by atoms with Crippen LogP contribution in [0.25, 0.3) is 11.5 Å². The predicted octanol–water partition coefficient (Wildman–Crippen LogP) is 3.50. The molecule has 0 radical (unpaired) electrons. The molecule has 2 rings (SSSR count). The maximum absolute atomic E-state index is 12.8. The van der Waals surface area contributed by atoms with Gasteiger partial charge in [0, 0.05) is 4.47 Å². The largest absolute Gasteiger partial charge is 0.417 e. The number of terminal acetylenes is 1. The van der Waals surface area contributed by atoms with Gasteiger partial charge in [0.25, 0.3) is 5.89 Å². The molecule has 0 amide bonds. The molecule has 0 aliphatic rings. The van der Waals surface area contributed by atoms with E-state index in [0.29, 0.717) is 4.47 Å². The minimum absolute atomic E-state index is 0.168. The van der Waals surface area contributed by atoms with Crippen molar-refractivity contribution in [3.05, 3.63) is 34.1 Å². The summed E-state index contributed by atoms with van der Waals surface area (Å²) in [5, 5.41) is 6.92. The van der Waals surface area contributed by atoms with Gasteiger partial charge in [0.15, 0.2) is 0 Å². The molecule has 0 spiro atoms. The number of benzene rings is 1. The second-order valence-electron chi connectivity index (χ2n) is 3.24. The molecule has 0 fully saturated rings. The summed E-state index contributed by atoms with van der Waals surface area (Å²) in [5.74, 6) is 1.62.